The quantitative estimate of drug-likeness (QED) is 0.270. The molecule has 2 fully saturated rings. The first-order valence-electron chi connectivity index (χ1n) is 14.7. The van der Waals surface area contributed by atoms with Gasteiger partial charge in [-0.25, -0.2) is 0 Å². The molecular weight excluding hydrogens is 659 g/mol. The zero-order valence-corrected chi connectivity index (χ0v) is 27.4. The minimum absolute atomic E-state index is 0. The summed E-state index contributed by atoms with van der Waals surface area (Å²) in [6, 6.07) is 16.5. The molecule has 0 amide bonds. The van der Waals surface area contributed by atoms with Crippen LogP contribution in [0.1, 0.15) is 83.4 Å². The molecule has 2 aromatic carbocycles. The Morgan fingerprint density at radius 1 is 0.846 bits per heavy atom. The van der Waals surface area contributed by atoms with E-state index in [-0.39, 0.29) is 38.2 Å². The van der Waals surface area contributed by atoms with E-state index in [0.29, 0.717) is 35.5 Å². The van der Waals surface area contributed by atoms with Crippen LogP contribution >= 0.6 is 0 Å². The first-order valence-corrected chi connectivity index (χ1v) is 14.7. The number of nitrogens with zero attached hydrogens (tertiary/aromatic N) is 1. The van der Waals surface area contributed by atoms with Crippen LogP contribution in [0.15, 0.2) is 42.6 Å². The van der Waals surface area contributed by atoms with E-state index in [2.05, 4.69) is 103 Å². The van der Waals surface area contributed by atoms with Crippen LogP contribution in [-0.4, -0.2) is 27.4 Å². The monoisotopic (exact) mass is 707 g/mol. The average molecular weight is 707 g/mol. The fourth-order valence-corrected chi connectivity index (χ4v) is 7.04. The number of hydrogen-bond acceptors (Lipinski definition) is 3. The predicted molar refractivity (Wildman–Crippen MR) is 159 cm³/mol. The van der Waals surface area contributed by atoms with Crippen molar-refractivity contribution in [3.63, 3.8) is 0 Å². The smallest absolute Gasteiger partial charge is 0.0626 e. The molecule has 1 radical (unpaired) electrons. The number of aromatic nitrogens is 1. The molecule has 0 aliphatic heterocycles. The molecule has 5 rings (SSSR count). The Bertz CT molecular complexity index is 1210. The summed E-state index contributed by atoms with van der Waals surface area (Å²) >= 11 is 0. The number of aryl methyl sites for hydroxylation is 2. The molecule has 3 nitrogen and oxygen atoms in total. The van der Waals surface area contributed by atoms with E-state index < -0.39 is 0 Å². The summed E-state index contributed by atoms with van der Waals surface area (Å²) in [5.74, 6) is 3.05. The van der Waals surface area contributed by atoms with Gasteiger partial charge in [0.1, 0.15) is 0 Å². The Labute approximate surface area is 250 Å². The van der Waals surface area contributed by atoms with Gasteiger partial charge in [0.2, 0.25) is 0 Å². The van der Waals surface area contributed by atoms with Crippen molar-refractivity contribution in [3.05, 3.63) is 65.4 Å². The second-order valence-corrected chi connectivity index (χ2v) is 13.0. The molecule has 39 heavy (non-hydrogen) atoms. The predicted octanol–water partition coefficient (Wildman–Crippen LogP) is 8.12. The Balaban J connectivity index is 0.000000215. The second-order valence-electron chi connectivity index (χ2n) is 13.0. The van der Waals surface area contributed by atoms with Crippen LogP contribution in [0, 0.1) is 55.4 Å². The largest absolute Gasteiger partial charge is 0.392 e. The van der Waals surface area contributed by atoms with Crippen LogP contribution in [0.4, 0.5) is 0 Å². The van der Waals surface area contributed by atoms with Crippen LogP contribution < -0.4 is 0 Å². The zero-order valence-electron chi connectivity index (χ0n) is 25.0. The Kier molecular flexibility index (Phi) is 11.0. The van der Waals surface area contributed by atoms with Gasteiger partial charge in [0.15, 0.2) is 0 Å². The van der Waals surface area contributed by atoms with Crippen molar-refractivity contribution in [3.8, 4) is 11.3 Å². The van der Waals surface area contributed by atoms with Crippen molar-refractivity contribution in [2.24, 2.45) is 35.5 Å². The zero-order chi connectivity index (χ0) is 27.7. The number of rotatable bonds is 4. The van der Waals surface area contributed by atoms with Crippen molar-refractivity contribution in [2.45, 2.75) is 92.8 Å². The summed E-state index contributed by atoms with van der Waals surface area (Å²) in [6.07, 6.45) is 4.77. The Morgan fingerprint density at radius 2 is 1.51 bits per heavy atom. The van der Waals surface area contributed by atoms with Crippen LogP contribution in [0.25, 0.3) is 22.0 Å². The van der Waals surface area contributed by atoms with Crippen molar-refractivity contribution >= 4 is 10.8 Å². The van der Waals surface area contributed by atoms with Crippen molar-refractivity contribution in [1.29, 1.82) is 0 Å². The minimum Gasteiger partial charge on any atom is -0.392 e. The number of aliphatic hydroxyl groups is 2. The fraction of sp³-hybridized carbons (Fsp3) is 0.571. The topological polar surface area (TPSA) is 53.4 Å². The van der Waals surface area contributed by atoms with Gasteiger partial charge in [0.25, 0.3) is 0 Å². The van der Waals surface area contributed by atoms with E-state index in [1.165, 1.54) is 28.3 Å². The molecule has 4 unspecified atom stereocenters. The van der Waals surface area contributed by atoms with Crippen LogP contribution in [0.2, 0.25) is 0 Å². The van der Waals surface area contributed by atoms with Crippen molar-refractivity contribution < 1.29 is 30.3 Å². The normalized spacial score (nSPS) is 26.4. The first kappa shape index (κ1) is 31.9. The summed E-state index contributed by atoms with van der Waals surface area (Å²) in [5, 5.41) is 23.4. The molecule has 4 heteroatoms. The first-order chi connectivity index (χ1) is 18.0. The van der Waals surface area contributed by atoms with E-state index in [9.17, 15) is 10.2 Å². The van der Waals surface area contributed by atoms with Crippen LogP contribution in [-0.2, 0) is 20.1 Å². The molecule has 6 atom stereocenters. The minimum atomic E-state index is -0.285. The fourth-order valence-electron chi connectivity index (χ4n) is 7.04. The molecule has 2 aliphatic rings. The van der Waals surface area contributed by atoms with Gasteiger partial charge in [-0.15, -0.1) is 34.9 Å². The molecular formula is C35H48IrNO2-. The molecule has 215 valence electrons. The molecule has 2 aliphatic carbocycles. The Morgan fingerprint density at radius 3 is 2.13 bits per heavy atom. The molecule has 2 N–H and O–H groups in total. The maximum atomic E-state index is 10.5. The summed E-state index contributed by atoms with van der Waals surface area (Å²) in [5.41, 5.74) is 5.87. The number of pyridine rings is 1. The van der Waals surface area contributed by atoms with Crippen molar-refractivity contribution in [2.75, 3.05) is 0 Å². The van der Waals surface area contributed by atoms with E-state index in [0.717, 1.165) is 29.7 Å². The molecule has 1 heterocycles. The third kappa shape index (κ3) is 7.02. The van der Waals surface area contributed by atoms with Gasteiger partial charge < -0.3 is 15.2 Å². The van der Waals surface area contributed by atoms with Gasteiger partial charge in [-0.05, 0) is 82.9 Å². The number of fused-ring (bicyclic) bond motifs is 2. The van der Waals surface area contributed by atoms with Gasteiger partial charge >= 0.3 is 0 Å². The summed E-state index contributed by atoms with van der Waals surface area (Å²) in [6.45, 7) is 17.4. The molecule has 2 saturated carbocycles. The van der Waals surface area contributed by atoms with Crippen LogP contribution in [0.5, 0.6) is 0 Å². The van der Waals surface area contributed by atoms with E-state index >= 15 is 0 Å². The maximum Gasteiger partial charge on any atom is 0.0626 e. The van der Waals surface area contributed by atoms with E-state index in [1.54, 1.807) is 0 Å². The standard InChI is InChI=1S/C20H20N.C15H28O2.Ir/c1-13(2)17-6-5-16-7-8-21-20(19(16)12-17)18-10-14(3)9-15(4)11-18;1-8(2)11-6-5-10-7-12(9(3)4)15(17)13(10)14(11)16;/h5-10,12-13H,1-4H3;8-17H,5-7H2,1-4H3;/q-1;;/t;10?,11-,12+,13?,14?,15?;/m.1./s1. The van der Waals surface area contributed by atoms with E-state index in [1.807, 2.05) is 6.20 Å². The summed E-state index contributed by atoms with van der Waals surface area (Å²) in [7, 11) is 0. The SMILES string of the molecule is CC(C)[C@H]1CCC2C[C@@H](C(C)C)C(O)C2C1O.Cc1[c-]c(-c2nccc3ccc(C(C)C)cc23)cc(C)c1.[Ir]. The molecule has 3 aromatic rings. The molecule has 0 bridgehead atoms. The number of benzene rings is 2. The average Bonchev–Trinajstić information content (AvgIpc) is 3.20. The van der Waals surface area contributed by atoms with Gasteiger partial charge in [-0.3, -0.25) is 0 Å². The van der Waals surface area contributed by atoms with Gasteiger partial charge in [0.05, 0.1) is 12.2 Å². The third-order valence-corrected chi connectivity index (χ3v) is 9.23. The van der Waals surface area contributed by atoms with E-state index in [4.69, 9.17) is 0 Å². The van der Waals surface area contributed by atoms with Crippen molar-refractivity contribution in [1.82, 2.24) is 4.98 Å². The third-order valence-electron chi connectivity index (χ3n) is 9.23. The van der Waals surface area contributed by atoms with Gasteiger partial charge in [-0.1, -0.05) is 73.6 Å². The Hall–Kier alpha value is -1.58. The number of hydrogen-bond donors (Lipinski definition) is 2. The maximum absolute atomic E-state index is 10.5. The molecule has 0 spiro atoms. The van der Waals surface area contributed by atoms with Gasteiger partial charge in [-0.2, -0.15) is 0 Å². The van der Waals surface area contributed by atoms with Gasteiger partial charge in [0, 0.05) is 32.2 Å². The molecule has 1 aromatic heterocycles. The second kappa shape index (κ2) is 13.4. The molecule has 0 saturated heterocycles. The summed E-state index contributed by atoms with van der Waals surface area (Å²) in [4.78, 5) is 4.63. The number of aliphatic hydroxyl groups excluding tert-OH is 2. The van der Waals surface area contributed by atoms with Crippen LogP contribution in [0.3, 0.4) is 0 Å². The summed E-state index contributed by atoms with van der Waals surface area (Å²) < 4.78 is 0.